The number of halogens is 1. The summed E-state index contributed by atoms with van der Waals surface area (Å²) in [6, 6.07) is 13.3. The minimum atomic E-state index is 0.193. The summed E-state index contributed by atoms with van der Waals surface area (Å²) in [6.45, 7) is 5.72. The summed E-state index contributed by atoms with van der Waals surface area (Å²) in [5.74, 6) is 0.833. The molecule has 0 atom stereocenters. The molecule has 0 amide bonds. The molecule has 1 aliphatic heterocycles. The average molecular weight is 404 g/mol. The standard InChI is InChI=1S/C19H22BrN3O2/c20-17-6-7-21-19(14-17)25-13-12-22-8-10-23(11-9-22)15-18(24)16-4-2-1-3-5-16/h1-7,14H,8-13,15H2. The van der Waals surface area contributed by atoms with Crippen molar-refractivity contribution in [1.29, 1.82) is 0 Å². The van der Waals surface area contributed by atoms with Gasteiger partial charge in [-0.3, -0.25) is 14.6 Å². The van der Waals surface area contributed by atoms with Crippen molar-refractivity contribution >= 4 is 21.7 Å². The molecule has 1 fully saturated rings. The van der Waals surface area contributed by atoms with Gasteiger partial charge in [0.25, 0.3) is 0 Å². The molecule has 2 heterocycles. The van der Waals surface area contributed by atoms with Crippen LogP contribution in [0.2, 0.25) is 0 Å². The van der Waals surface area contributed by atoms with Gasteiger partial charge in [0.05, 0.1) is 6.54 Å². The van der Waals surface area contributed by atoms with Crippen molar-refractivity contribution < 1.29 is 9.53 Å². The summed E-state index contributed by atoms with van der Waals surface area (Å²) in [4.78, 5) is 21.0. The van der Waals surface area contributed by atoms with Crippen molar-refractivity contribution in [2.24, 2.45) is 0 Å². The Morgan fingerprint density at radius 2 is 1.80 bits per heavy atom. The molecule has 132 valence electrons. The van der Waals surface area contributed by atoms with Crippen molar-refractivity contribution in [2.75, 3.05) is 45.9 Å². The number of benzene rings is 1. The van der Waals surface area contributed by atoms with Gasteiger partial charge in [0.2, 0.25) is 5.88 Å². The number of ether oxygens (including phenoxy) is 1. The lowest BCUT2D eigenvalue weighted by atomic mass is 10.1. The van der Waals surface area contributed by atoms with Gasteiger partial charge in [0.15, 0.2) is 5.78 Å². The monoisotopic (exact) mass is 403 g/mol. The molecule has 1 aromatic carbocycles. The van der Waals surface area contributed by atoms with Crippen LogP contribution in [-0.4, -0.2) is 66.4 Å². The fourth-order valence-electron chi connectivity index (χ4n) is 2.83. The molecular formula is C19H22BrN3O2. The number of piperazine rings is 1. The first kappa shape index (κ1) is 18.0. The van der Waals surface area contributed by atoms with Crippen LogP contribution in [0.4, 0.5) is 0 Å². The average Bonchev–Trinajstić information content (AvgIpc) is 2.64. The van der Waals surface area contributed by atoms with Crippen molar-refractivity contribution in [1.82, 2.24) is 14.8 Å². The first-order valence-corrected chi connectivity index (χ1v) is 9.27. The maximum Gasteiger partial charge on any atom is 0.214 e. The summed E-state index contributed by atoms with van der Waals surface area (Å²) < 4.78 is 6.66. The highest BCUT2D eigenvalue weighted by Crippen LogP contribution is 2.14. The Morgan fingerprint density at radius 1 is 1.08 bits per heavy atom. The highest BCUT2D eigenvalue weighted by Gasteiger charge is 2.19. The van der Waals surface area contributed by atoms with Crippen molar-refractivity contribution in [2.45, 2.75) is 0 Å². The number of carbonyl (C=O) groups is 1. The zero-order chi connectivity index (χ0) is 17.5. The normalized spacial score (nSPS) is 15.9. The number of Topliss-reactive ketones (excluding diaryl/α,β-unsaturated/α-hetero) is 1. The predicted molar refractivity (Wildman–Crippen MR) is 101 cm³/mol. The molecule has 0 unspecified atom stereocenters. The number of aromatic nitrogens is 1. The van der Waals surface area contributed by atoms with Gasteiger partial charge >= 0.3 is 0 Å². The van der Waals surface area contributed by atoms with E-state index >= 15 is 0 Å². The van der Waals surface area contributed by atoms with Crippen LogP contribution in [0.5, 0.6) is 5.88 Å². The number of carbonyl (C=O) groups excluding carboxylic acids is 1. The highest BCUT2D eigenvalue weighted by molar-refractivity contribution is 9.10. The second-order valence-electron chi connectivity index (χ2n) is 6.07. The van der Waals surface area contributed by atoms with Crippen LogP contribution in [-0.2, 0) is 0 Å². The van der Waals surface area contributed by atoms with Crippen LogP contribution in [0.25, 0.3) is 0 Å². The van der Waals surface area contributed by atoms with Crippen LogP contribution in [0.15, 0.2) is 53.1 Å². The van der Waals surface area contributed by atoms with Gasteiger partial charge in [-0.1, -0.05) is 46.3 Å². The Bertz CT molecular complexity index is 688. The molecule has 25 heavy (non-hydrogen) atoms. The quantitative estimate of drug-likeness (QED) is 0.665. The van der Waals surface area contributed by atoms with E-state index in [-0.39, 0.29) is 5.78 Å². The molecule has 2 aromatic rings. The molecule has 0 radical (unpaired) electrons. The third-order valence-electron chi connectivity index (χ3n) is 4.28. The van der Waals surface area contributed by atoms with Crippen molar-refractivity contribution in [3.63, 3.8) is 0 Å². The topological polar surface area (TPSA) is 45.7 Å². The number of ketones is 1. The lowest BCUT2D eigenvalue weighted by molar-refractivity contribution is 0.0829. The Balaban J connectivity index is 1.36. The molecule has 0 spiro atoms. The third-order valence-corrected chi connectivity index (χ3v) is 4.78. The van der Waals surface area contributed by atoms with E-state index < -0.39 is 0 Å². The number of rotatable bonds is 7. The van der Waals surface area contributed by atoms with Crippen molar-refractivity contribution in [3.8, 4) is 5.88 Å². The molecule has 3 rings (SSSR count). The first-order chi connectivity index (χ1) is 12.2. The maximum absolute atomic E-state index is 12.3. The zero-order valence-corrected chi connectivity index (χ0v) is 15.7. The molecular weight excluding hydrogens is 382 g/mol. The van der Waals surface area contributed by atoms with E-state index in [9.17, 15) is 4.79 Å². The second-order valence-corrected chi connectivity index (χ2v) is 6.98. The van der Waals surface area contributed by atoms with Gasteiger partial charge in [-0.05, 0) is 6.07 Å². The summed E-state index contributed by atoms with van der Waals surface area (Å²) in [7, 11) is 0. The molecule has 1 aliphatic rings. The SMILES string of the molecule is O=C(CN1CCN(CCOc2cc(Br)ccn2)CC1)c1ccccc1. The van der Waals surface area contributed by atoms with Gasteiger partial charge in [-0.25, -0.2) is 4.98 Å². The van der Waals surface area contributed by atoms with Crippen molar-refractivity contribution in [3.05, 3.63) is 58.7 Å². The maximum atomic E-state index is 12.3. The first-order valence-electron chi connectivity index (χ1n) is 8.48. The van der Waals surface area contributed by atoms with E-state index in [4.69, 9.17) is 4.74 Å². The van der Waals surface area contributed by atoms with Gasteiger partial charge in [0.1, 0.15) is 6.61 Å². The molecule has 6 heteroatoms. The van der Waals surface area contributed by atoms with Crippen LogP contribution < -0.4 is 4.74 Å². The largest absolute Gasteiger partial charge is 0.476 e. The molecule has 0 bridgehead atoms. The van der Waals surface area contributed by atoms with Gasteiger partial charge in [-0.2, -0.15) is 0 Å². The second kappa shape index (κ2) is 9.08. The molecule has 0 saturated carbocycles. The molecule has 0 aliphatic carbocycles. The third kappa shape index (κ3) is 5.63. The zero-order valence-electron chi connectivity index (χ0n) is 14.1. The van der Waals surface area contributed by atoms with Crippen LogP contribution in [0.3, 0.4) is 0 Å². The van der Waals surface area contributed by atoms with Crippen LogP contribution in [0.1, 0.15) is 10.4 Å². The summed E-state index contributed by atoms with van der Waals surface area (Å²) in [5.41, 5.74) is 0.792. The van der Waals surface area contributed by atoms with E-state index in [1.165, 1.54) is 0 Å². The van der Waals surface area contributed by atoms with Crippen LogP contribution in [0, 0.1) is 0 Å². The minimum absolute atomic E-state index is 0.193. The summed E-state index contributed by atoms with van der Waals surface area (Å²) in [5, 5.41) is 0. The summed E-state index contributed by atoms with van der Waals surface area (Å²) >= 11 is 3.41. The number of hydrogen-bond acceptors (Lipinski definition) is 5. The van der Waals surface area contributed by atoms with E-state index in [0.29, 0.717) is 19.0 Å². The lowest BCUT2D eigenvalue weighted by Crippen LogP contribution is -2.48. The number of nitrogens with zero attached hydrogens (tertiary/aromatic N) is 3. The summed E-state index contributed by atoms with van der Waals surface area (Å²) in [6.07, 6.45) is 1.72. The van der Waals surface area contributed by atoms with Crippen LogP contribution >= 0.6 is 15.9 Å². The van der Waals surface area contributed by atoms with Gasteiger partial charge in [0, 0.05) is 55.0 Å². The minimum Gasteiger partial charge on any atom is -0.476 e. The fourth-order valence-corrected chi connectivity index (χ4v) is 3.15. The Labute approximate surface area is 156 Å². The molecule has 1 saturated heterocycles. The highest BCUT2D eigenvalue weighted by atomic mass is 79.9. The molecule has 0 N–H and O–H groups in total. The predicted octanol–water partition coefficient (Wildman–Crippen LogP) is 2.72. The van der Waals surface area contributed by atoms with Gasteiger partial charge < -0.3 is 4.74 Å². The number of pyridine rings is 1. The van der Waals surface area contributed by atoms with E-state index in [0.717, 1.165) is 42.8 Å². The van der Waals surface area contributed by atoms with E-state index in [1.807, 2.05) is 42.5 Å². The van der Waals surface area contributed by atoms with E-state index in [1.54, 1.807) is 6.20 Å². The smallest absolute Gasteiger partial charge is 0.214 e. The van der Waals surface area contributed by atoms with Gasteiger partial charge in [-0.15, -0.1) is 0 Å². The van der Waals surface area contributed by atoms with E-state index in [2.05, 4.69) is 30.7 Å². The lowest BCUT2D eigenvalue weighted by Gasteiger charge is -2.34. The molecule has 1 aromatic heterocycles. The fraction of sp³-hybridized carbons (Fsp3) is 0.368. The number of hydrogen-bond donors (Lipinski definition) is 0. The Hall–Kier alpha value is -1.76. The Kier molecular flexibility index (Phi) is 6.55. The molecule has 5 nitrogen and oxygen atoms in total. The Morgan fingerprint density at radius 3 is 2.52 bits per heavy atom.